The molecule has 0 aliphatic rings. The Kier molecular flexibility index (Phi) is 6.46. The lowest BCUT2D eigenvalue weighted by Crippen LogP contribution is -2.22. The molecule has 1 amide bonds. The van der Waals surface area contributed by atoms with Gasteiger partial charge in [0, 0.05) is 10.7 Å². The van der Waals surface area contributed by atoms with Gasteiger partial charge >= 0.3 is 5.97 Å². The van der Waals surface area contributed by atoms with Crippen LogP contribution in [0.3, 0.4) is 0 Å². The third-order valence-electron chi connectivity index (χ3n) is 3.81. The standard InChI is InChI=1S/C20H20ClN5O3/c1-13(2)29-20(28)14-3-6-16(7-4-14)23-10-19(27)25-17-9-15(21)5-8-18(17)26-12-22-11-24-26/h3-9,11-13,23H,10H2,1-2H3,(H,25,27). The number of amides is 1. The molecule has 8 nitrogen and oxygen atoms in total. The Bertz CT molecular complexity index is 988. The van der Waals surface area contributed by atoms with Crippen LogP contribution in [-0.2, 0) is 9.53 Å². The Labute approximate surface area is 172 Å². The Hall–Kier alpha value is -3.39. The van der Waals surface area contributed by atoms with Gasteiger partial charge in [-0.1, -0.05) is 11.6 Å². The van der Waals surface area contributed by atoms with Gasteiger partial charge in [-0.05, 0) is 56.3 Å². The second-order valence-corrected chi connectivity index (χ2v) is 6.87. The number of rotatable bonds is 7. The third-order valence-corrected chi connectivity index (χ3v) is 4.05. The van der Waals surface area contributed by atoms with E-state index in [0.29, 0.717) is 27.6 Å². The number of nitrogens with zero attached hydrogens (tertiary/aromatic N) is 3. The average molecular weight is 414 g/mol. The van der Waals surface area contributed by atoms with E-state index >= 15 is 0 Å². The van der Waals surface area contributed by atoms with Gasteiger partial charge in [-0.3, -0.25) is 4.79 Å². The monoisotopic (exact) mass is 413 g/mol. The summed E-state index contributed by atoms with van der Waals surface area (Å²) in [6.07, 6.45) is 2.75. The summed E-state index contributed by atoms with van der Waals surface area (Å²) < 4.78 is 6.68. The van der Waals surface area contributed by atoms with Crippen molar-refractivity contribution in [3.8, 4) is 5.69 Å². The lowest BCUT2D eigenvalue weighted by Gasteiger charge is -2.12. The number of esters is 1. The quantitative estimate of drug-likeness (QED) is 0.575. The number of nitrogens with one attached hydrogen (secondary N) is 2. The first kappa shape index (κ1) is 20.3. The number of aromatic nitrogens is 3. The number of carbonyl (C=O) groups excluding carboxylic acids is 2. The van der Waals surface area contributed by atoms with Gasteiger partial charge < -0.3 is 15.4 Å². The summed E-state index contributed by atoms with van der Waals surface area (Å²) in [4.78, 5) is 28.2. The zero-order valence-electron chi connectivity index (χ0n) is 15.9. The van der Waals surface area contributed by atoms with Crippen LogP contribution in [0.15, 0.2) is 55.1 Å². The Morgan fingerprint density at radius 2 is 1.93 bits per heavy atom. The van der Waals surface area contributed by atoms with Crippen LogP contribution in [0.4, 0.5) is 11.4 Å². The molecular formula is C20H20ClN5O3. The van der Waals surface area contributed by atoms with Crippen LogP contribution in [0.25, 0.3) is 5.69 Å². The minimum Gasteiger partial charge on any atom is -0.459 e. The molecule has 0 radical (unpaired) electrons. The fourth-order valence-electron chi connectivity index (χ4n) is 2.52. The van der Waals surface area contributed by atoms with Crippen LogP contribution in [0.2, 0.25) is 5.02 Å². The van der Waals surface area contributed by atoms with Crippen molar-refractivity contribution < 1.29 is 14.3 Å². The molecular weight excluding hydrogens is 394 g/mol. The van der Waals surface area contributed by atoms with E-state index in [1.54, 1.807) is 56.3 Å². The number of hydrogen-bond donors (Lipinski definition) is 2. The molecule has 0 fully saturated rings. The van der Waals surface area contributed by atoms with Crippen LogP contribution in [0.1, 0.15) is 24.2 Å². The van der Waals surface area contributed by atoms with Crippen molar-refractivity contribution in [3.05, 3.63) is 65.7 Å². The topological polar surface area (TPSA) is 98.1 Å². The van der Waals surface area contributed by atoms with Crippen molar-refractivity contribution >= 4 is 34.9 Å². The van der Waals surface area contributed by atoms with Gasteiger partial charge in [-0.2, -0.15) is 5.10 Å². The maximum Gasteiger partial charge on any atom is 0.338 e. The van der Waals surface area contributed by atoms with Gasteiger partial charge in [0.1, 0.15) is 12.7 Å². The second-order valence-electron chi connectivity index (χ2n) is 6.43. The van der Waals surface area contributed by atoms with Crippen LogP contribution in [0, 0.1) is 0 Å². The van der Waals surface area contributed by atoms with Gasteiger partial charge in [0.25, 0.3) is 0 Å². The predicted molar refractivity (Wildman–Crippen MR) is 110 cm³/mol. The molecule has 0 unspecified atom stereocenters. The minimum atomic E-state index is -0.383. The minimum absolute atomic E-state index is 0.0269. The number of hydrogen-bond acceptors (Lipinski definition) is 6. The summed E-state index contributed by atoms with van der Waals surface area (Å²) in [6.45, 7) is 3.61. The van der Waals surface area contributed by atoms with Crippen LogP contribution in [0.5, 0.6) is 0 Å². The largest absolute Gasteiger partial charge is 0.459 e. The van der Waals surface area contributed by atoms with Gasteiger partial charge in [-0.15, -0.1) is 0 Å². The Balaban J connectivity index is 1.61. The van der Waals surface area contributed by atoms with Crippen molar-refractivity contribution in [3.63, 3.8) is 0 Å². The normalized spacial score (nSPS) is 10.6. The summed E-state index contributed by atoms with van der Waals surface area (Å²) in [6, 6.07) is 11.8. The highest BCUT2D eigenvalue weighted by Gasteiger charge is 2.11. The van der Waals surface area contributed by atoms with Crippen LogP contribution >= 0.6 is 11.6 Å². The van der Waals surface area contributed by atoms with Crippen molar-refractivity contribution in [2.75, 3.05) is 17.2 Å². The SMILES string of the molecule is CC(C)OC(=O)c1ccc(NCC(=O)Nc2cc(Cl)ccc2-n2cncn2)cc1. The van der Waals surface area contributed by atoms with Crippen molar-refractivity contribution in [2.24, 2.45) is 0 Å². The number of benzene rings is 2. The van der Waals surface area contributed by atoms with Gasteiger partial charge in [0.15, 0.2) is 0 Å². The fraction of sp³-hybridized carbons (Fsp3) is 0.200. The highest BCUT2D eigenvalue weighted by atomic mass is 35.5. The first-order valence-electron chi connectivity index (χ1n) is 8.91. The summed E-state index contributed by atoms with van der Waals surface area (Å²) >= 11 is 6.06. The van der Waals surface area contributed by atoms with Crippen molar-refractivity contribution in [1.29, 1.82) is 0 Å². The summed E-state index contributed by atoms with van der Waals surface area (Å²) in [7, 11) is 0. The van der Waals surface area contributed by atoms with Crippen molar-refractivity contribution in [1.82, 2.24) is 14.8 Å². The molecule has 0 saturated carbocycles. The summed E-state index contributed by atoms with van der Waals surface area (Å²) in [5.74, 6) is -0.650. The van der Waals surface area contributed by atoms with Gasteiger partial charge in [-0.25, -0.2) is 14.5 Å². The molecule has 1 heterocycles. The molecule has 0 atom stereocenters. The van der Waals surface area contributed by atoms with E-state index in [1.165, 1.54) is 17.3 Å². The lowest BCUT2D eigenvalue weighted by molar-refractivity contribution is -0.114. The molecule has 2 aromatic carbocycles. The predicted octanol–water partition coefficient (Wildman–Crippen LogP) is 3.54. The van der Waals surface area contributed by atoms with E-state index in [9.17, 15) is 9.59 Å². The summed E-state index contributed by atoms with van der Waals surface area (Å²) in [5.41, 5.74) is 2.31. The molecule has 150 valence electrons. The molecule has 9 heteroatoms. The van der Waals surface area contributed by atoms with Crippen molar-refractivity contribution in [2.45, 2.75) is 20.0 Å². The molecule has 0 saturated heterocycles. The van der Waals surface area contributed by atoms with Crippen LogP contribution < -0.4 is 10.6 Å². The average Bonchev–Trinajstić information content (AvgIpc) is 3.21. The van der Waals surface area contributed by atoms with Gasteiger partial charge in [0.2, 0.25) is 5.91 Å². The number of halogens is 1. The highest BCUT2D eigenvalue weighted by Crippen LogP contribution is 2.24. The summed E-state index contributed by atoms with van der Waals surface area (Å²) in [5, 5.41) is 10.4. The van der Waals surface area contributed by atoms with E-state index in [2.05, 4.69) is 20.7 Å². The number of ether oxygens (including phenoxy) is 1. The lowest BCUT2D eigenvalue weighted by atomic mass is 10.2. The second kappa shape index (κ2) is 9.20. The first-order valence-corrected chi connectivity index (χ1v) is 9.29. The molecule has 0 aliphatic carbocycles. The fourth-order valence-corrected chi connectivity index (χ4v) is 2.70. The smallest absolute Gasteiger partial charge is 0.338 e. The number of anilines is 2. The molecule has 29 heavy (non-hydrogen) atoms. The molecule has 1 aromatic heterocycles. The first-order chi connectivity index (χ1) is 13.9. The maximum absolute atomic E-state index is 12.4. The molecule has 2 N–H and O–H groups in total. The Morgan fingerprint density at radius 3 is 2.59 bits per heavy atom. The molecule has 3 rings (SSSR count). The number of carbonyl (C=O) groups is 2. The zero-order chi connectivity index (χ0) is 20.8. The Morgan fingerprint density at radius 1 is 1.17 bits per heavy atom. The van der Waals surface area contributed by atoms with E-state index in [1.807, 2.05) is 0 Å². The molecule has 0 bridgehead atoms. The zero-order valence-corrected chi connectivity index (χ0v) is 16.7. The molecule has 0 spiro atoms. The molecule has 3 aromatic rings. The van der Waals surface area contributed by atoms with Crippen LogP contribution in [-0.4, -0.2) is 39.3 Å². The van der Waals surface area contributed by atoms with E-state index in [-0.39, 0.29) is 24.5 Å². The third kappa shape index (κ3) is 5.55. The highest BCUT2D eigenvalue weighted by molar-refractivity contribution is 6.31. The van der Waals surface area contributed by atoms with E-state index in [4.69, 9.17) is 16.3 Å². The molecule has 0 aliphatic heterocycles. The van der Waals surface area contributed by atoms with E-state index < -0.39 is 0 Å². The maximum atomic E-state index is 12.4. The van der Waals surface area contributed by atoms with Gasteiger partial charge in [0.05, 0.1) is 29.6 Å². The van der Waals surface area contributed by atoms with E-state index in [0.717, 1.165) is 0 Å².